The molecule has 0 aromatic heterocycles. The van der Waals surface area contributed by atoms with Crippen LogP contribution in [-0.4, -0.2) is 35.5 Å². The number of aliphatic hydroxyl groups is 2. The molecule has 2 N–H and O–H groups in total. The molecular formula is C13H24O4. The zero-order valence-electron chi connectivity index (χ0n) is 11.2. The molecule has 0 aliphatic rings. The van der Waals surface area contributed by atoms with Crippen LogP contribution in [0.5, 0.6) is 0 Å². The van der Waals surface area contributed by atoms with Gasteiger partial charge >= 0.3 is 5.97 Å². The van der Waals surface area contributed by atoms with Gasteiger partial charge in [-0.15, -0.1) is 0 Å². The molecule has 0 saturated carbocycles. The molecule has 0 aliphatic heterocycles. The SMILES string of the molecule is C=C(C)C(=O)OCC(C)C(O)C(C)(CC)CO. The lowest BCUT2D eigenvalue weighted by atomic mass is 9.77. The average molecular weight is 244 g/mol. The number of ether oxygens (including phenoxy) is 1. The fraction of sp³-hybridized carbons (Fsp3) is 0.769. The van der Waals surface area contributed by atoms with Crippen LogP contribution in [0.15, 0.2) is 12.2 Å². The Morgan fingerprint density at radius 2 is 2.06 bits per heavy atom. The highest BCUT2D eigenvalue weighted by Gasteiger charge is 2.34. The molecule has 0 bridgehead atoms. The number of carbonyl (C=O) groups is 1. The Morgan fingerprint density at radius 1 is 1.53 bits per heavy atom. The van der Waals surface area contributed by atoms with E-state index in [9.17, 15) is 15.0 Å². The van der Waals surface area contributed by atoms with Crippen molar-refractivity contribution in [3.8, 4) is 0 Å². The Labute approximate surface area is 103 Å². The highest BCUT2D eigenvalue weighted by molar-refractivity contribution is 5.86. The van der Waals surface area contributed by atoms with Gasteiger partial charge in [-0.25, -0.2) is 4.79 Å². The minimum atomic E-state index is -0.713. The van der Waals surface area contributed by atoms with Crippen molar-refractivity contribution in [2.24, 2.45) is 11.3 Å². The molecule has 0 aromatic carbocycles. The second-order valence-corrected chi connectivity index (χ2v) is 4.97. The van der Waals surface area contributed by atoms with Gasteiger partial charge in [-0.2, -0.15) is 0 Å². The molecule has 100 valence electrons. The van der Waals surface area contributed by atoms with E-state index in [0.717, 1.165) is 0 Å². The van der Waals surface area contributed by atoms with Crippen molar-refractivity contribution in [2.75, 3.05) is 13.2 Å². The summed E-state index contributed by atoms with van der Waals surface area (Å²) in [6.07, 6.45) is -0.0564. The minimum absolute atomic E-state index is 0.0938. The van der Waals surface area contributed by atoms with Crippen LogP contribution in [0.2, 0.25) is 0 Å². The minimum Gasteiger partial charge on any atom is -0.462 e. The fourth-order valence-electron chi connectivity index (χ4n) is 1.52. The molecule has 0 spiro atoms. The predicted octanol–water partition coefficient (Wildman–Crippen LogP) is 1.51. The van der Waals surface area contributed by atoms with Crippen molar-refractivity contribution in [1.82, 2.24) is 0 Å². The van der Waals surface area contributed by atoms with E-state index < -0.39 is 17.5 Å². The van der Waals surface area contributed by atoms with Gasteiger partial charge in [0.15, 0.2) is 0 Å². The maximum Gasteiger partial charge on any atom is 0.333 e. The van der Waals surface area contributed by atoms with E-state index in [0.29, 0.717) is 12.0 Å². The Morgan fingerprint density at radius 3 is 2.41 bits per heavy atom. The number of hydrogen-bond acceptors (Lipinski definition) is 4. The van der Waals surface area contributed by atoms with Crippen LogP contribution in [0.25, 0.3) is 0 Å². The standard InChI is InChI=1S/C13H24O4/c1-6-13(5,8-14)11(15)10(4)7-17-12(16)9(2)3/h10-11,14-15H,2,6-8H2,1,3-5H3. The zero-order chi connectivity index (χ0) is 13.6. The second-order valence-electron chi connectivity index (χ2n) is 4.97. The Bertz CT molecular complexity index is 269. The summed E-state index contributed by atoms with van der Waals surface area (Å²) in [6, 6.07) is 0. The number of rotatable bonds is 7. The van der Waals surface area contributed by atoms with E-state index in [4.69, 9.17) is 4.74 Å². The van der Waals surface area contributed by atoms with Gasteiger partial charge in [-0.3, -0.25) is 0 Å². The van der Waals surface area contributed by atoms with Crippen LogP contribution in [0.4, 0.5) is 0 Å². The van der Waals surface area contributed by atoms with Crippen LogP contribution in [0.3, 0.4) is 0 Å². The molecule has 0 rings (SSSR count). The summed E-state index contributed by atoms with van der Waals surface area (Å²) in [6.45, 7) is 10.6. The highest BCUT2D eigenvalue weighted by atomic mass is 16.5. The van der Waals surface area contributed by atoms with Crippen LogP contribution in [-0.2, 0) is 9.53 Å². The van der Waals surface area contributed by atoms with Crippen LogP contribution in [0, 0.1) is 11.3 Å². The summed E-state index contributed by atoms with van der Waals surface area (Å²) in [7, 11) is 0. The van der Waals surface area contributed by atoms with E-state index >= 15 is 0 Å². The molecule has 0 radical (unpaired) electrons. The lowest BCUT2D eigenvalue weighted by Gasteiger charge is -2.35. The van der Waals surface area contributed by atoms with Gasteiger partial charge in [0.2, 0.25) is 0 Å². The summed E-state index contributed by atoms with van der Waals surface area (Å²) in [5.41, 5.74) is -0.221. The molecular weight excluding hydrogens is 220 g/mol. The van der Waals surface area contributed by atoms with Crippen LogP contribution < -0.4 is 0 Å². The highest BCUT2D eigenvalue weighted by Crippen LogP contribution is 2.29. The van der Waals surface area contributed by atoms with Crippen molar-refractivity contribution in [3.05, 3.63) is 12.2 Å². The van der Waals surface area contributed by atoms with Gasteiger partial charge in [0, 0.05) is 16.9 Å². The molecule has 0 aromatic rings. The molecule has 0 heterocycles. The van der Waals surface area contributed by atoms with Crippen LogP contribution >= 0.6 is 0 Å². The lowest BCUT2D eigenvalue weighted by Crippen LogP contribution is -2.41. The molecule has 0 aliphatic carbocycles. The van der Waals surface area contributed by atoms with Gasteiger partial charge in [-0.05, 0) is 13.3 Å². The van der Waals surface area contributed by atoms with Crippen molar-refractivity contribution < 1.29 is 19.7 Å². The van der Waals surface area contributed by atoms with Crippen molar-refractivity contribution in [3.63, 3.8) is 0 Å². The Kier molecular flexibility index (Phi) is 6.42. The third kappa shape index (κ3) is 4.48. The van der Waals surface area contributed by atoms with Crippen molar-refractivity contribution in [2.45, 2.75) is 40.2 Å². The maximum atomic E-state index is 11.2. The summed E-state index contributed by atoms with van der Waals surface area (Å²) in [4.78, 5) is 11.2. The normalized spacial score (nSPS) is 18.0. The number of aliphatic hydroxyl groups excluding tert-OH is 2. The van der Waals surface area contributed by atoms with Crippen LogP contribution in [0.1, 0.15) is 34.1 Å². The van der Waals surface area contributed by atoms with E-state index in [2.05, 4.69) is 6.58 Å². The monoisotopic (exact) mass is 244 g/mol. The van der Waals surface area contributed by atoms with E-state index in [1.54, 1.807) is 13.8 Å². The molecule has 0 amide bonds. The molecule has 3 unspecified atom stereocenters. The second kappa shape index (κ2) is 6.77. The van der Waals surface area contributed by atoms with Gasteiger partial charge in [0.05, 0.1) is 19.3 Å². The third-order valence-electron chi connectivity index (χ3n) is 3.25. The number of esters is 1. The maximum absolute atomic E-state index is 11.2. The first kappa shape index (κ1) is 16.1. The lowest BCUT2D eigenvalue weighted by molar-refractivity contribution is -0.143. The summed E-state index contributed by atoms with van der Waals surface area (Å²) >= 11 is 0. The van der Waals surface area contributed by atoms with Gasteiger partial charge in [0.25, 0.3) is 0 Å². The van der Waals surface area contributed by atoms with E-state index in [1.165, 1.54) is 0 Å². The molecule has 3 atom stereocenters. The smallest absolute Gasteiger partial charge is 0.333 e. The topological polar surface area (TPSA) is 66.8 Å². The predicted molar refractivity (Wildman–Crippen MR) is 66.4 cm³/mol. The van der Waals surface area contributed by atoms with E-state index in [1.807, 2.05) is 13.8 Å². The summed E-state index contributed by atoms with van der Waals surface area (Å²) in [5, 5.41) is 19.4. The van der Waals surface area contributed by atoms with E-state index in [-0.39, 0.29) is 19.1 Å². The molecule has 0 saturated heterocycles. The first-order valence-corrected chi connectivity index (χ1v) is 5.90. The molecule has 4 nitrogen and oxygen atoms in total. The third-order valence-corrected chi connectivity index (χ3v) is 3.25. The number of carbonyl (C=O) groups excluding carboxylic acids is 1. The first-order valence-electron chi connectivity index (χ1n) is 5.90. The summed E-state index contributed by atoms with van der Waals surface area (Å²) < 4.78 is 4.99. The number of hydrogen-bond donors (Lipinski definition) is 2. The summed E-state index contributed by atoms with van der Waals surface area (Å²) in [5.74, 6) is -0.679. The van der Waals surface area contributed by atoms with Crippen molar-refractivity contribution >= 4 is 5.97 Å². The van der Waals surface area contributed by atoms with Gasteiger partial charge in [0.1, 0.15) is 0 Å². The molecule has 17 heavy (non-hydrogen) atoms. The molecule has 4 heteroatoms. The fourth-order valence-corrected chi connectivity index (χ4v) is 1.52. The zero-order valence-corrected chi connectivity index (χ0v) is 11.2. The average Bonchev–Trinajstić information content (AvgIpc) is 2.33. The first-order chi connectivity index (χ1) is 7.78. The molecule has 0 fully saturated rings. The van der Waals surface area contributed by atoms with Crippen molar-refractivity contribution in [1.29, 1.82) is 0 Å². The Hall–Kier alpha value is -0.870. The van der Waals surface area contributed by atoms with Gasteiger partial charge in [-0.1, -0.05) is 27.4 Å². The largest absolute Gasteiger partial charge is 0.462 e. The van der Waals surface area contributed by atoms with Gasteiger partial charge < -0.3 is 14.9 Å². The quantitative estimate of drug-likeness (QED) is 0.526. The Balaban J connectivity index is 4.36.